The highest BCUT2D eigenvalue weighted by Crippen LogP contribution is 2.14. The van der Waals surface area contributed by atoms with Crippen LogP contribution in [0, 0.1) is 6.92 Å². The highest BCUT2D eigenvalue weighted by Gasteiger charge is 2.20. The first-order valence-corrected chi connectivity index (χ1v) is 9.80. The fraction of sp³-hybridized carbons (Fsp3) is 0.318. The van der Waals surface area contributed by atoms with E-state index in [4.69, 9.17) is 4.74 Å². The SMILES string of the molecule is Cc1ccn(CC2CCCO2)c(=O)c1C(=O)NCc1ccc(-n2cccn2)cc1. The summed E-state index contributed by atoms with van der Waals surface area (Å²) < 4.78 is 8.97. The van der Waals surface area contributed by atoms with E-state index in [1.54, 1.807) is 28.6 Å². The molecule has 1 N–H and O–H groups in total. The quantitative estimate of drug-likeness (QED) is 0.699. The first kappa shape index (κ1) is 19.1. The normalized spacial score (nSPS) is 16.1. The molecule has 2 aromatic heterocycles. The molecule has 4 rings (SSSR count). The molecule has 7 heteroatoms. The molecule has 1 aromatic carbocycles. The van der Waals surface area contributed by atoms with E-state index in [1.165, 1.54) is 0 Å². The Bertz CT molecular complexity index is 1030. The van der Waals surface area contributed by atoms with Gasteiger partial charge in [-0.3, -0.25) is 9.59 Å². The molecule has 0 saturated carbocycles. The second-order valence-electron chi connectivity index (χ2n) is 7.27. The largest absolute Gasteiger partial charge is 0.376 e. The van der Waals surface area contributed by atoms with Gasteiger partial charge in [-0.2, -0.15) is 5.10 Å². The fourth-order valence-electron chi connectivity index (χ4n) is 3.55. The minimum absolute atomic E-state index is 0.0413. The lowest BCUT2D eigenvalue weighted by Crippen LogP contribution is -2.35. The van der Waals surface area contributed by atoms with Crippen LogP contribution in [0.15, 0.2) is 59.8 Å². The maximum absolute atomic E-state index is 12.8. The second-order valence-corrected chi connectivity index (χ2v) is 7.27. The molecule has 1 unspecified atom stereocenters. The predicted octanol–water partition coefficient (Wildman–Crippen LogP) is 2.45. The van der Waals surface area contributed by atoms with Crippen molar-refractivity contribution in [2.45, 2.75) is 39.0 Å². The molecule has 1 fully saturated rings. The molecule has 29 heavy (non-hydrogen) atoms. The number of amides is 1. The van der Waals surface area contributed by atoms with Crippen LogP contribution in [0.5, 0.6) is 0 Å². The van der Waals surface area contributed by atoms with Crippen LogP contribution in [0.25, 0.3) is 5.69 Å². The smallest absolute Gasteiger partial charge is 0.263 e. The summed E-state index contributed by atoms with van der Waals surface area (Å²) in [5.74, 6) is -0.356. The molecule has 1 aliphatic rings. The number of aromatic nitrogens is 3. The van der Waals surface area contributed by atoms with Crippen molar-refractivity contribution in [1.29, 1.82) is 0 Å². The van der Waals surface area contributed by atoms with Crippen molar-refractivity contribution in [1.82, 2.24) is 19.7 Å². The number of rotatable bonds is 6. The van der Waals surface area contributed by atoms with Crippen LogP contribution in [-0.2, 0) is 17.8 Å². The molecule has 0 radical (unpaired) electrons. The van der Waals surface area contributed by atoms with Gasteiger partial charge in [-0.1, -0.05) is 12.1 Å². The molecule has 1 amide bonds. The minimum atomic E-state index is -0.356. The van der Waals surface area contributed by atoms with E-state index in [9.17, 15) is 9.59 Å². The summed E-state index contributed by atoms with van der Waals surface area (Å²) in [6, 6.07) is 11.4. The van der Waals surface area contributed by atoms with E-state index in [0.717, 1.165) is 30.7 Å². The maximum Gasteiger partial charge on any atom is 0.263 e. The third-order valence-corrected chi connectivity index (χ3v) is 5.18. The van der Waals surface area contributed by atoms with E-state index < -0.39 is 0 Å². The molecule has 7 nitrogen and oxygen atoms in total. The summed E-state index contributed by atoms with van der Waals surface area (Å²) in [4.78, 5) is 25.6. The van der Waals surface area contributed by atoms with Crippen LogP contribution in [0.3, 0.4) is 0 Å². The lowest BCUT2D eigenvalue weighted by Gasteiger charge is -2.14. The summed E-state index contributed by atoms with van der Waals surface area (Å²) in [6.07, 6.45) is 7.33. The Morgan fingerprint density at radius 2 is 2.07 bits per heavy atom. The third kappa shape index (κ3) is 4.30. The van der Waals surface area contributed by atoms with Crippen molar-refractivity contribution >= 4 is 5.91 Å². The van der Waals surface area contributed by atoms with Crippen molar-refractivity contribution in [3.63, 3.8) is 0 Å². The Labute approximate surface area is 168 Å². The minimum Gasteiger partial charge on any atom is -0.376 e. The summed E-state index contributed by atoms with van der Waals surface area (Å²) in [5, 5.41) is 7.06. The van der Waals surface area contributed by atoms with Crippen molar-refractivity contribution in [3.05, 3.63) is 82.0 Å². The van der Waals surface area contributed by atoms with E-state index in [-0.39, 0.29) is 23.1 Å². The Balaban J connectivity index is 1.44. The molecule has 1 saturated heterocycles. The number of hydrogen-bond donors (Lipinski definition) is 1. The van der Waals surface area contributed by atoms with Gasteiger partial charge in [0.05, 0.1) is 18.3 Å². The first-order valence-electron chi connectivity index (χ1n) is 9.80. The van der Waals surface area contributed by atoms with Crippen LogP contribution >= 0.6 is 0 Å². The summed E-state index contributed by atoms with van der Waals surface area (Å²) >= 11 is 0. The van der Waals surface area contributed by atoms with E-state index in [1.807, 2.05) is 42.6 Å². The molecule has 3 heterocycles. The van der Waals surface area contributed by atoms with Crippen LogP contribution in [0.4, 0.5) is 0 Å². The zero-order chi connectivity index (χ0) is 20.2. The Kier molecular flexibility index (Phi) is 5.57. The van der Waals surface area contributed by atoms with Gasteiger partial charge in [0.1, 0.15) is 5.56 Å². The number of aryl methyl sites for hydroxylation is 1. The molecule has 0 spiro atoms. The second kappa shape index (κ2) is 8.45. The topological polar surface area (TPSA) is 78.1 Å². The van der Waals surface area contributed by atoms with Crippen molar-refractivity contribution in [3.8, 4) is 5.69 Å². The van der Waals surface area contributed by atoms with Gasteiger partial charge in [-0.05, 0) is 55.2 Å². The first-order chi connectivity index (χ1) is 14.1. The average Bonchev–Trinajstić information content (AvgIpc) is 3.43. The van der Waals surface area contributed by atoms with Gasteiger partial charge in [-0.15, -0.1) is 0 Å². The number of nitrogens with one attached hydrogen (secondary N) is 1. The Morgan fingerprint density at radius 3 is 2.76 bits per heavy atom. The maximum atomic E-state index is 12.8. The number of ether oxygens (including phenoxy) is 1. The van der Waals surface area contributed by atoms with Crippen LogP contribution in [0.2, 0.25) is 0 Å². The van der Waals surface area contributed by atoms with Gasteiger partial charge in [-0.25, -0.2) is 4.68 Å². The molecular formula is C22H24N4O3. The van der Waals surface area contributed by atoms with Gasteiger partial charge in [0.2, 0.25) is 0 Å². The van der Waals surface area contributed by atoms with Gasteiger partial charge in [0.15, 0.2) is 0 Å². The van der Waals surface area contributed by atoms with Crippen LogP contribution in [-0.4, -0.2) is 33.0 Å². The zero-order valence-corrected chi connectivity index (χ0v) is 16.4. The Morgan fingerprint density at radius 1 is 1.24 bits per heavy atom. The molecule has 3 aromatic rings. The average molecular weight is 392 g/mol. The molecule has 1 atom stereocenters. The fourth-order valence-corrected chi connectivity index (χ4v) is 3.55. The van der Waals surface area contributed by atoms with Crippen molar-refractivity contribution in [2.75, 3.05) is 6.61 Å². The molecule has 0 aliphatic carbocycles. The van der Waals surface area contributed by atoms with Crippen LogP contribution < -0.4 is 10.9 Å². The van der Waals surface area contributed by atoms with E-state index >= 15 is 0 Å². The highest BCUT2D eigenvalue weighted by atomic mass is 16.5. The summed E-state index contributed by atoms with van der Waals surface area (Å²) in [6.45, 7) is 3.34. The van der Waals surface area contributed by atoms with Gasteiger partial charge in [0, 0.05) is 31.7 Å². The molecule has 1 aliphatic heterocycles. The number of nitrogens with zero attached hydrogens (tertiary/aromatic N) is 3. The van der Waals surface area contributed by atoms with Gasteiger partial charge in [0.25, 0.3) is 11.5 Å². The number of carbonyl (C=O) groups is 1. The van der Waals surface area contributed by atoms with E-state index in [0.29, 0.717) is 18.7 Å². The molecule has 0 bridgehead atoms. The van der Waals surface area contributed by atoms with Crippen LogP contribution in [0.1, 0.15) is 34.3 Å². The lowest BCUT2D eigenvalue weighted by molar-refractivity contribution is 0.0928. The number of hydrogen-bond acceptors (Lipinski definition) is 4. The summed E-state index contributed by atoms with van der Waals surface area (Å²) in [7, 11) is 0. The third-order valence-electron chi connectivity index (χ3n) is 5.18. The summed E-state index contributed by atoms with van der Waals surface area (Å²) in [5.41, 5.74) is 2.49. The standard InChI is InChI=1S/C22H24N4O3/c1-16-9-12-25(15-19-4-2-13-29-19)22(28)20(16)21(27)23-14-17-5-7-18(8-6-17)26-11-3-10-24-26/h3,5-12,19H,2,4,13-15H2,1H3,(H,23,27). The molecular weight excluding hydrogens is 368 g/mol. The number of pyridine rings is 1. The van der Waals surface area contributed by atoms with Crippen molar-refractivity contribution < 1.29 is 9.53 Å². The Hall–Kier alpha value is -3.19. The van der Waals surface area contributed by atoms with E-state index in [2.05, 4.69) is 10.4 Å². The monoisotopic (exact) mass is 392 g/mol. The highest BCUT2D eigenvalue weighted by molar-refractivity contribution is 5.95. The molecule has 150 valence electrons. The number of carbonyl (C=O) groups excluding carboxylic acids is 1. The number of benzene rings is 1. The predicted molar refractivity (Wildman–Crippen MR) is 109 cm³/mol. The lowest BCUT2D eigenvalue weighted by atomic mass is 10.1. The van der Waals surface area contributed by atoms with Gasteiger partial charge >= 0.3 is 0 Å². The zero-order valence-electron chi connectivity index (χ0n) is 16.4. The van der Waals surface area contributed by atoms with Gasteiger partial charge < -0.3 is 14.6 Å². The van der Waals surface area contributed by atoms with Crippen molar-refractivity contribution in [2.24, 2.45) is 0 Å².